The fourth-order valence-electron chi connectivity index (χ4n) is 4.46. The van der Waals surface area contributed by atoms with Crippen molar-refractivity contribution in [3.05, 3.63) is 106 Å². The summed E-state index contributed by atoms with van der Waals surface area (Å²) in [7, 11) is 0. The third-order valence-electron chi connectivity index (χ3n) is 6.43. The van der Waals surface area contributed by atoms with E-state index in [0.29, 0.717) is 5.92 Å². The molecule has 34 heavy (non-hydrogen) atoms. The van der Waals surface area contributed by atoms with Gasteiger partial charge in [-0.3, -0.25) is 15.5 Å². The molecule has 0 amide bonds. The zero-order valence-electron chi connectivity index (χ0n) is 19.4. The zero-order valence-corrected chi connectivity index (χ0v) is 19.4. The first-order valence-corrected chi connectivity index (χ1v) is 12.0. The van der Waals surface area contributed by atoms with Crippen LogP contribution in [-0.2, 0) is 0 Å². The molecule has 6 heteroatoms. The summed E-state index contributed by atoms with van der Waals surface area (Å²) >= 11 is 0. The highest BCUT2D eigenvalue weighted by Crippen LogP contribution is 2.27. The third-order valence-corrected chi connectivity index (χ3v) is 6.43. The lowest BCUT2D eigenvalue weighted by Crippen LogP contribution is -2.33. The summed E-state index contributed by atoms with van der Waals surface area (Å²) in [6.45, 7) is 3.37. The van der Waals surface area contributed by atoms with Crippen molar-refractivity contribution in [2.24, 2.45) is 5.10 Å². The molecule has 0 aliphatic carbocycles. The van der Waals surface area contributed by atoms with Crippen LogP contribution < -0.4 is 5.43 Å². The summed E-state index contributed by atoms with van der Waals surface area (Å²) in [6.07, 6.45) is 5.33. The minimum absolute atomic E-state index is 0.0934. The van der Waals surface area contributed by atoms with E-state index in [2.05, 4.69) is 39.7 Å². The van der Waals surface area contributed by atoms with Crippen molar-refractivity contribution in [3.8, 4) is 0 Å². The van der Waals surface area contributed by atoms with Gasteiger partial charge in [0.2, 0.25) is 0 Å². The van der Waals surface area contributed by atoms with Gasteiger partial charge in [0.05, 0.1) is 16.3 Å². The highest BCUT2D eigenvalue weighted by molar-refractivity contribution is 6.01. The van der Waals surface area contributed by atoms with Crippen LogP contribution in [0.5, 0.6) is 0 Å². The summed E-state index contributed by atoms with van der Waals surface area (Å²) in [6, 6.07) is 28.1. The van der Waals surface area contributed by atoms with E-state index in [0.717, 1.165) is 55.9 Å². The lowest BCUT2D eigenvalue weighted by atomic mass is 9.89. The molecule has 1 N–H and O–H groups in total. The molecule has 0 spiro atoms. The number of benzene rings is 3. The number of hydrogen-bond acceptors (Lipinski definition) is 5. The van der Waals surface area contributed by atoms with E-state index in [1.165, 1.54) is 18.4 Å². The van der Waals surface area contributed by atoms with Crippen LogP contribution in [0, 0.1) is 16.2 Å². The minimum atomic E-state index is -0.373. The van der Waals surface area contributed by atoms with Crippen LogP contribution in [0.15, 0.2) is 84.0 Å². The summed E-state index contributed by atoms with van der Waals surface area (Å²) in [5.41, 5.74) is 7.38. The summed E-state index contributed by atoms with van der Waals surface area (Å²) < 4.78 is 0. The number of likely N-dealkylation sites (tertiary alicyclic amines) is 1. The maximum absolute atomic E-state index is 11.0. The average molecular weight is 456 g/mol. The molecule has 6 nitrogen and oxygen atoms in total. The third kappa shape index (κ3) is 6.75. The molecule has 3 aromatic carbocycles. The molecule has 3 aromatic rings. The van der Waals surface area contributed by atoms with Gasteiger partial charge in [-0.15, -0.1) is 0 Å². The average Bonchev–Trinajstić information content (AvgIpc) is 2.90. The Morgan fingerprint density at radius 2 is 1.79 bits per heavy atom. The van der Waals surface area contributed by atoms with Crippen LogP contribution in [0.4, 0.5) is 11.4 Å². The molecular weight excluding hydrogens is 424 g/mol. The van der Waals surface area contributed by atoms with Gasteiger partial charge in [-0.25, -0.2) is 0 Å². The smallest absolute Gasteiger partial charge is 0.269 e. The Morgan fingerprint density at radius 3 is 2.47 bits per heavy atom. The van der Waals surface area contributed by atoms with Crippen LogP contribution in [-0.4, -0.2) is 35.2 Å². The van der Waals surface area contributed by atoms with Crippen molar-refractivity contribution >= 4 is 17.1 Å². The van der Waals surface area contributed by atoms with Crippen LogP contribution in [0.3, 0.4) is 0 Å². The zero-order chi connectivity index (χ0) is 23.6. The lowest BCUT2D eigenvalue weighted by molar-refractivity contribution is -0.384. The van der Waals surface area contributed by atoms with Gasteiger partial charge in [-0.2, -0.15) is 5.10 Å². The Balaban J connectivity index is 1.29. The molecule has 1 radical (unpaired) electrons. The van der Waals surface area contributed by atoms with Gasteiger partial charge < -0.3 is 4.90 Å². The second kappa shape index (κ2) is 12.1. The SMILES string of the molecule is O=[N+]([O-])c1ccc(C(CCCCN2CCC(c3c[c]ccc3)CC2)=NNc2ccccc2)cc1. The topological polar surface area (TPSA) is 70.8 Å². The van der Waals surface area contributed by atoms with Gasteiger partial charge in [0.1, 0.15) is 0 Å². The highest BCUT2D eigenvalue weighted by Gasteiger charge is 2.20. The summed E-state index contributed by atoms with van der Waals surface area (Å²) in [4.78, 5) is 13.2. The lowest BCUT2D eigenvalue weighted by Gasteiger charge is -2.32. The number of anilines is 1. The van der Waals surface area contributed by atoms with Crippen molar-refractivity contribution in [3.63, 3.8) is 0 Å². The number of para-hydroxylation sites is 1. The van der Waals surface area contributed by atoms with Gasteiger partial charge in [-0.1, -0.05) is 42.5 Å². The van der Waals surface area contributed by atoms with Gasteiger partial charge in [-0.05, 0) is 99.1 Å². The molecular formula is C28H31N4O2. The van der Waals surface area contributed by atoms with E-state index in [1.807, 2.05) is 36.4 Å². The molecule has 1 aliphatic rings. The van der Waals surface area contributed by atoms with Crippen molar-refractivity contribution < 1.29 is 4.92 Å². The Labute approximate surface area is 201 Å². The molecule has 0 atom stereocenters. The predicted octanol–water partition coefficient (Wildman–Crippen LogP) is 6.26. The molecule has 0 saturated carbocycles. The molecule has 1 fully saturated rings. The molecule has 0 aromatic heterocycles. The molecule has 0 unspecified atom stereocenters. The second-order valence-corrected chi connectivity index (χ2v) is 8.75. The van der Waals surface area contributed by atoms with Crippen molar-refractivity contribution in [1.82, 2.24) is 4.90 Å². The highest BCUT2D eigenvalue weighted by atomic mass is 16.6. The molecule has 1 saturated heterocycles. The first-order valence-electron chi connectivity index (χ1n) is 12.0. The number of rotatable bonds is 10. The summed E-state index contributed by atoms with van der Waals surface area (Å²) in [5.74, 6) is 0.652. The molecule has 0 bridgehead atoms. The predicted molar refractivity (Wildman–Crippen MR) is 137 cm³/mol. The fraction of sp³-hybridized carbons (Fsp3) is 0.321. The number of nitrogens with one attached hydrogen (secondary N) is 1. The quantitative estimate of drug-likeness (QED) is 0.169. The van der Waals surface area contributed by atoms with E-state index in [4.69, 9.17) is 0 Å². The number of hydrazone groups is 1. The monoisotopic (exact) mass is 455 g/mol. The van der Waals surface area contributed by atoms with Crippen LogP contribution >= 0.6 is 0 Å². The Morgan fingerprint density at radius 1 is 1.03 bits per heavy atom. The Kier molecular flexibility index (Phi) is 8.41. The van der Waals surface area contributed by atoms with Crippen molar-refractivity contribution in [2.45, 2.75) is 38.0 Å². The number of nitrogens with zero attached hydrogens (tertiary/aromatic N) is 3. The van der Waals surface area contributed by atoms with Gasteiger partial charge in [0.25, 0.3) is 5.69 Å². The maximum atomic E-state index is 11.0. The van der Waals surface area contributed by atoms with Crippen molar-refractivity contribution in [1.29, 1.82) is 0 Å². The van der Waals surface area contributed by atoms with E-state index < -0.39 is 0 Å². The molecule has 175 valence electrons. The van der Waals surface area contributed by atoms with Crippen LogP contribution in [0.1, 0.15) is 49.1 Å². The van der Waals surface area contributed by atoms with Gasteiger partial charge in [0.15, 0.2) is 0 Å². The number of piperidine rings is 1. The number of non-ortho nitro benzene ring substituents is 1. The minimum Gasteiger partial charge on any atom is -0.303 e. The van der Waals surface area contributed by atoms with E-state index in [1.54, 1.807) is 24.3 Å². The standard InChI is InChI=1S/C28H31N4O2/c33-32(34)27-16-14-25(15-17-27)28(30-29-26-11-5-2-6-12-26)13-7-8-20-31-21-18-24(19-22-31)23-9-3-1-4-10-23/h1-3,5-6,9-12,14-17,24,29H,7-8,13,18-22H2. The number of unbranched alkanes of at least 4 members (excludes halogenated alkanes) is 1. The number of nitro benzene ring substituents is 1. The number of nitro groups is 1. The first-order chi connectivity index (χ1) is 16.7. The molecule has 1 aliphatic heterocycles. The van der Waals surface area contributed by atoms with Crippen LogP contribution in [0.2, 0.25) is 0 Å². The Bertz CT molecular complexity index is 1060. The fourth-order valence-corrected chi connectivity index (χ4v) is 4.46. The summed E-state index contributed by atoms with van der Waals surface area (Å²) in [5, 5.41) is 15.7. The maximum Gasteiger partial charge on any atom is 0.269 e. The van der Waals surface area contributed by atoms with Gasteiger partial charge >= 0.3 is 0 Å². The normalized spacial score (nSPS) is 15.2. The van der Waals surface area contributed by atoms with Crippen LogP contribution in [0.25, 0.3) is 0 Å². The largest absolute Gasteiger partial charge is 0.303 e. The van der Waals surface area contributed by atoms with Gasteiger partial charge in [0, 0.05) is 12.1 Å². The Hall–Kier alpha value is -3.51. The first kappa shape index (κ1) is 23.6. The van der Waals surface area contributed by atoms with E-state index in [-0.39, 0.29) is 10.6 Å². The van der Waals surface area contributed by atoms with E-state index in [9.17, 15) is 10.1 Å². The molecule has 1 heterocycles. The number of hydrogen-bond donors (Lipinski definition) is 1. The molecule has 4 rings (SSSR count). The van der Waals surface area contributed by atoms with E-state index >= 15 is 0 Å². The second-order valence-electron chi connectivity index (χ2n) is 8.75. The van der Waals surface area contributed by atoms with Crippen molar-refractivity contribution in [2.75, 3.05) is 25.1 Å².